The van der Waals surface area contributed by atoms with E-state index in [2.05, 4.69) is 14.7 Å². The number of aromatic nitrogens is 3. The van der Waals surface area contributed by atoms with Gasteiger partial charge in [0.15, 0.2) is 0 Å². The van der Waals surface area contributed by atoms with Crippen molar-refractivity contribution in [1.82, 2.24) is 14.5 Å². The summed E-state index contributed by atoms with van der Waals surface area (Å²) in [6.45, 7) is 3.03. The normalized spacial score (nSPS) is 11.5. The fraction of sp³-hybridized carbons (Fsp3) is 0.333. The van der Waals surface area contributed by atoms with Gasteiger partial charge in [0.2, 0.25) is 5.95 Å². The van der Waals surface area contributed by atoms with E-state index >= 15 is 0 Å². The number of sulfonamides is 1. The standard InChI is InChI=1S/C12H17N5O2S/c1-2-6-17-9-11(7-10(17)8-13)20(18,19)16-12-14-4-3-5-15-12/h3-5,7,9H,2,6,8,13H2,1H3,(H,14,15,16). The molecular formula is C12H17N5O2S. The van der Waals surface area contributed by atoms with Crippen molar-refractivity contribution >= 4 is 16.0 Å². The highest BCUT2D eigenvalue weighted by atomic mass is 32.2. The minimum absolute atomic E-state index is 0.0463. The Bertz CT molecular complexity index is 666. The average Bonchev–Trinajstić information content (AvgIpc) is 2.84. The van der Waals surface area contributed by atoms with E-state index in [1.807, 2.05) is 11.5 Å². The summed E-state index contributed by atoms with van der Waals surface area (Å²) in [5.41, 5.74) is 6.41. The van der Waals surface area contributed by atoms with E-state index < -0.39 is 10.0 Å². The van der Waals surface area contributed by atoms with Gasteiger partial charge in [0, 0.05) is 37.4 Å². The summed E-state index contributed by atoms with van der Waals surface area (Å²) in [6, 6.07) is 3.18. The van der Waals surface area contributed by atoms with Crippen LogP contribution >= 0.6 is 0 Å². The highest BCUT2D eigenvalue weighted by Crippen LogP contribution is 2.17. The number of hydrogen-bond acceptors (Lipinski definition) is 5. The zero-order valence-electron chi connectivity index (χ0n) is 11.2. The molecule has 0 aliphatic rings. The number of aryl methyl sites for hydroxylation is 1. The van der Waals surface area contributed by atoms with Gasteiger partial charge in [0.25, 0.3) is 10.0 Å². The van der Waals surface area contributed by atoms with Gasteiger partial charge in [-0.2, -0.15) is 0 Å². The van der Waals surface area contributed by atoms with Crippen LogP contribution in [0.3, 0.4) is 0 Å². The largest absolute Gasteiger partial charge is 0.349 e. The lowest BCUT2D eigenvalue weighted by molar-refractivity contribution is 0.599. The monoisotopic (exact) mass is 295 g/mol. The van der Waals surface area contributed by atoms with Crippen LogP contribution < -0.4 is 10.5 Å². The quantitative estimate of drug-likeness (QED) is 0.825. The van der Waals surface area contributed by atoms with E-state index in [0.717, 1.165) is 18.7 Å². The Morgan fingerprint density at radius 3 is 2.65 bits per heavy atom. The van der Waals surface area contributed by atoms with Gasteiger partial charge in [-0.1, -0.05) is 6.92 Å². The summed E-state index contributed by atoms with van der Waals surface area (Å²) in [7, 11) is -3.69. The molecule has 0 amide bonds. The Labute approximate surface area is 117 Å². The predicted octanol–water partition coefficient (Wildman–Crippen LogP) is 0.948. The summed E-state index contributed by atoms with van der Waals surface area (Å²) in [4.78, 5) is 7.85. The van der Waals surface area contributed by atoms with Crippen LogP contribution in [0, 0.1) is 0 Å². The Kier molecular flexibility index (Phi) is 4.35. The van der Waals surface area contributed by atoms with Crippen LogP contribution in [0.2, 0.25) is 0 Å². The number of hydrogen-bond donors (Lipinski definition) is 2. The third kappa shape index (κ3) is 3.14. The number of nitrogens with one attached hydrogen (secondary N) is 1. The molecule has 0 saturated heterocycles. The van der Waals surface area contributed by atoms with E-state index in [9.17, 15) is 8.42 Å². The third-order valence-corrected chi connectivity index (χ3v) is 4.03. The summed E-state index contributed by atoms with van der Waals surface area (Å²) in [6.07, 6.45) is 5.42. The van der Waals surface area contributed by atoms with E-state index in [-0.39, 0.29) is 17.4 Å². The molecule has 0 spiro atoms. The van der Waals surface area contributed by atoms with Crippen LogP contribution in [-0.2, 0) is 23.1 Å². The average molecular weight is 295 g/mol. The van der Waals surface area contributed by atoms with Gasteiger partial charge in [-0.15, -0.1) is 0 Å². The lowest BCUT2D eigenvalue weighted by Gasteiger charge is -2.04. The SMILES string of the molecule is CCCn1cc(S(=O)(=O)Nc2ncccn2)cc1CN. The number of anilines is 1. The van der Waals surface area contributed by atoms with Crippen molar-refractivity contribution in [3.05, 3.63) is 36.4 Å². The fourth-order valence-electron chi connectivity index (χ4n) is 1.82. The molecule has 0 radical (unpaired) electrons. The van der Waals surface area contributed by atoms with E-state index in [1.54, 1.807) is 18.3 Å². The van der Waals surface area contributed by atoms with Crippen molar-refractivity contribution in [3.63, 3.8) is 0 Å². The van der Waals surface area contributed by atoms with Crippen LogP contribution in [0.5, 0.6) is 0 Å². The predicted molar refractivity (Wildman–Crippen MR) is 75.5 cm³/mol. The molecule has 0 aliphatic carbocycles. The first kappa shape index (κ1) is 14.5. The van der Waals surface area contributed by atoms with Gasteiger partial charge in [-0.25, -0.2) is 23.1 Å². The summed E-state index contributed by atoms with van der Waals surface area (Å²) in [5, 5.41) is 0. The van der Waals surface area contributed by atoms with Crippen LogP contribution in [0.1, 0.15) is 19.0 Å². The molecule has 0 aromatic carbocycles. The second-order valence-corrected chi connectivity index (χ2v) is 5.92. The lowest BCUT2D eigenvalue weighted by atomic mass is 10.4. The number of rotatable bonds is 6. The number of nitrogens with two attached hydrogens (primary N) is 1. The first-order valence-corrected chi connectivity index (χ1v) is 7.74. The van der Waals surface area contributed by atoms with Crippen molar-refractivity contribution < 1.29 is 8.42 Å². The zero-order chi connectivity index (χ0) is 14.6. The van der Waals surface area contributed by atoms with Gasteiger partial charge in [0.1, 0.15) is 4.90 Å². The second-order valence-electron chi connectivity index (χ2n) is 4.24. The molecule has 3 N–H and O–H groups in total. The Morgan fingerprint density at radius 1 is 1.35 bits per heavy atom. The van der Waals surface area contributed by atoms with Gasteiger partial charge in [-0.05, 0) is 18.6 Å². The molecule has 8 heteroatoms. The van der Waals surface area contributed by atoms with Crippen LogP contribution in [0.4, 0.5) is 5.95 Å². The highest BCUT2D eigenvalue weighted by molar-refractivity contribution is 7.92. The third-order valence-electron chi connectivity index (χ3n) is 2.74. The van der Waals surface area contributed by atoms with Crippen molar-refractivity contribution in [3.8, 4) is 0 Å². The summed E-state index contributed by atoms with van der Waals surface area (Å²) in [5.74, 6) is 0.0463. The molecule has 20 heavy (non-hydrogen) atoms. The van der Waals surface area contributed by atoms with Crippen molar-refractivity contribution in [2.24, 2.45) is 5.73 Å². The van der Waals surface area contributed by atoms with E-state index in [1.165, 1.54) is 12.4 Å². The molecule has 2 aromatic rings. The molecule has 108 valence electrons. The van der Waals surface area contributed by atoms with Crippen LogP contribution in [-0.4, -0.2) is 23.0 Å². The minimum Gasteiger partial charge on any atom is -0.349 e. The molecule has 7 nitrogen and oxygen atoms in total. The Morgan fingerprint density at radius 2 is 2.05 bits per heavy atom. The van der Waals surface area contributed by atoms with E-state index in [4.69, 9.17) is 5.73 Å². The first-order valence-electron chi connectivity index (χ1n) is 6.25. The molecule has 0 bridgehead atoms. The van der Waals surface area contributed by atoms with Crippen LogP contribution in [0.15, 0.2) is 35.6 Å². The maximum Gasteiger partial charge on any atom is 0.265 e. The smallest absolute Gasteiger partial charge is 0.265 e. The summed E-state index contributed by atoms with van der Waals surface area (Å²) >= 11 is 0. The van der Waals surface area contributed by atoms with Gasteiger partial charge in [-0.3, -0.25) is 0 Å². The molecule has 2 heterocycles. The zero-order valence-corrected chi connectivity index (χ0v) is 12.0. The van der Waals surface area contributed by atoms with Gasteiger partial charge < -0.3 is 10.3 Å². The van der Waals surface area contributed by atoms with Crippen molar-refractivity contribution in [2.45, 2.75) is 31.3 Å². The minimum atomic E-state index is -3.69. The maximum atomic E-state index is 12.2. The maximum absolute atomic E-state index is 12.2. The molecular weight excluding hydrogens is 278 g/mol. The molecule has 0 unspecified atom stereocenters. The summed E-state index contributed by atoms with van der Waals surface area (Å²) < 4.78 is 28.7. The van der Waals surface area contributed by atoms with E-state index in [0.29, 0.717) is 0 Å². The molecule has 0 aliphatic heterocycles. The molecule has 2 aromatic heterocycles. The van der Waals surface area contributed by atoms with Gasteiger partial charge in [0.05, 0.1) is 0 Å². The van der Waals surface area contributed by atoms with Crippen LogP contribution in [0.25, 0.3) is 0 Å². The molecule has 2 rings (SSSR count). The number of nitrogens with zero attached hydrogens (tertiary/aromatic N) is 3. The van der Waals surface area contributed by atoms with Gasteiger partial charge >= 0.3 is 0 Å². The highest BCUT2D eigenvalue weighted by Gasteiger charge is 2.19. The molecule has 0 atom stereocenters. The van der Waals surface area contributed by atoms with Crippen molar-refractivity contribution in [2.75, 3.05) is 4.72 Å². The first-order chi connectivity index (χ1) is 9.56. The Balaban J connectivity index is 2.30. The Hall–Kier alpha value is -1.93. The topological polar surface area (TPSA) is 103 Å². The fourth-order valence-corrected chi connectivity index (χ4v) is 2.84. The molecule has 0 saturated carbocycles. The molecule has 0 fully saturated rings. The lowest BCUT2D eigenvalue weighted by Crippen LogP contribution is -2.14. The van der Waals surface area contributed by atoms with Crippen molar-refractivity contribution in [1.29, 1.82) is 0 Å². The second kappa shape index (κ2) is 6.02.